The Morgan fingerprint density at radius 1 is 1.00 bits per heavy atom. The minimum Gasteiger partial charge on any atom is -0.507 e. The number of aliphatic hydroxyl groups excluding tert-OH is 1. The van der Waals surface area contributed by atoms with E-state index < -0.39 is 17.7 Å². The molecule has 1 aliphatic rings. The van der Waals surface area contributed by atoms with Crippen molar-refractivity contribution in [2.45, 2.75) is 12.5 Å². The zero-order valence-electron chi connectivity index (χ0n) is 17.3. The van der Waals surface area contributed by atoms with Crippen molar-refractivity contribution in [2.24, 2.45) is 0 Å². The lowest BCUT2D eigenvalue weighted by Crippen LogP contribution is -2.31. The van der Waals surface area contributed by atoms with Crippen molar-refractivity contribution in [3.05, 3.63) is 65.2 Å². The van der Waals surface area contributed by atoms with E-state index in [1.165, 1.54) is 19.1 Å². The van der Waals surface area contributed by atoms with Crippen molar-refractivity contribution in [3.8, 4) is 11.5 Å². The zero-order valence-corrected chi connectivity index (χ0v) is 17.3. The van der Waals surface area contributed by atoms with Crippen LogP contribution < -0.4 is 9.47 Å². The predicted molar refractivity (Wildman–Crippen MR) is 111 cm³/mol. The summed E-state index contributed by atoms with van der Waals surface area (Å²) in [6, 6.07) is 13.3. The summed E-state index contributed by atoms with van der Waals surface area (Å²) in [6.45, 7) is 0.793. The number of nitrogens with zero attached hydrogens (tertiary/aromatic N) is 1. The number of hydrogen-bond donors (Lipinski definition) is 1. The van der Waals surface area contributed by atoms with Crippen molar-refractivity contribution >= 4 is 17.4 Å². The molecule has 1 atom stereocenters. The molecule has 30 heavy (non-hydrogen) atoms. The zero-order chi connectivity index (χ0) is 21.7. The summed E-state index contributed by atoms with van der Waals surface area (Å²) in [4.78, 5) is 27.2. The highest BCUT2D eigenvalue weighted by Crippen LogP contribution is 2.40. The lowest BCUT2D eigenvalue weighted by Gasteiger charge is -2.25. The first kappa shape index (κ1) is 21.4. The van der Waals surface area contributed by atoms with E-state index in [0.717, 1.165) is 5.56 Å². The first-order chi connectivity index (χ1) is 14.5. The van der Waals surface area contributed by atoms with Gasteiger partial charge in [0.25, 0.3) is 11.7 Å². The van der Waals surface area contributed by atoms with E-state index in [0.29, 0.717) is 36.6 Å². The van der Waals surface area contributed by atoms with Crippen LogP contribution in [0.3, 0.4) is 0 Å². The molecule has 1 unspecified atom stereocenters. The van der Waals surface area contributed by atoms with Crippen LogP contribution in [-0.2, 0) is 14.3 Å². The number of rotatable bonds is 8. The maximum atomic E-state index is 12.9. The SMILES string of the molecule is COCCCN1C(=O)C(=O)/C(=C(\O)c2ccc(OC)c(OC)c2)C1c1ccccc1. The molecule has 2 aromatic carbocycles. The van der Waals surface area contributed by atoms with E-state index in [1.54, 1.807) is 25.3 Å². The summed E-state index contributed by atoms with van der Waals surface area (Å²) >= 11 is 0. The van der Waals surface area contributed by atoms with Gasteiger partial charge in [0, 0.05) is 25.8 Å². The highest BCUT2D eigenvalue weighted by molar-refractivity contribution is 6.46. The standard InChI is InChI=1S/C23H25NO6/c1-28-13-7-12-24-20(15-8-5-4-6-9-15)19(22(26)23(24)27)21(25)16-10-11-17(29-2)18(14-16)30-3/h4-6,8-11,14,20,25H,7,12-13H2,1-3H3/b21-19-. The van der Waals surface area contributed by atoms with Gasteiger partial charge in [-0.1, -0.05) is 30.3 Å². The number of carbonyl (C=O) groups is 2. The number of benzene rings is 2. The second-order valence-corrected chi connectivity index (χ2v) is 6.82. The molecule has 1 amide bonds. The Hall–Kier alpha value is -3.32. The molecule has 1 N–H and O–H groups in total. The second-order valence-electron chi connectivity index (χ2n) is 6.82. The van der Waals surface area contributed by atoms with Gasteiger partial charge in [0.1, 0.15) is 5.76 Å². The Bertz CT molecular complexity index is 953. The van der Waals surface area contributed by atoms with Crippen LogP contribution in [0, 0.1) is 0 Å². The van der Waals surface area contributed by atoms with E-state index >= 15 is 0 Å². The molecule has 2 aromatic rings. The Balaban J connectivity index is 2.12. The fourth-order valence-electron chi connectivity index (χ4n) is 3.61. The molecule has 1 saturated heterocycles. The van der Waals surface area contributed by atoms with Gasteiger partial charge < -0.3 is 24.2 Å². The number of carbonyl (C=O) groups excluding carboxylic acids is 2. The van der Waals surface area contributed by atoms with Crippen molar-refractivity contribution in [2.75, 3.05) is 34.5 Å². The fourth-order valence-corrected chi connectivity index (χ4v) is 3.61. The number of ether oxygens (including phenoxy) is 3. The highest BCUT2D eigenvalue weighted by atomic mass is 16.5. The lowest BCUT2D eigenvalue weighted by atomic mass is 9.95. The quantitative estimate of drug-likeness (QED) is 0.311. The fraction of sp³-hybridized carbons (Fsp3) is 0.304. The largest absolute Gasteiger partial charge is 0.507 e. The maximum Gasteiger partial charge on any atom is 0.295 e. The Labute approximate surface area is 175 Å². The second kappa shape index (κ2) is 9.45. The van der Waals surface area contributed by atoms with Crippen molar-refractivity contribution in [3.63, 3.8) is 0 Å². The summed E-state index contributed by atoms with van der Waals surface area (Å²) in [5.41, 5.74) is 1.16. The first-order valence-corrected chi connectivity index (χ1v) is 9.58. The molecule has 0 radical (unpaired) electrons. The van der Waals surface area contributed by atoms with Gasteiger partial charge in [-0.25, -0.2) is 0 Å². The number of hydrogen-bond acceptors (Lipinski definition) is 6. The lowest BCUT2D eigenvalue weighted by molar-refractivity contribution is -0.140. The minimum absolute atomic E-state index is 0.0517. The number of aliphatic hydroxyl groups is 1. The van der Waals surface area contributed by atoms with Crippen LogP contribution in [0.2, 0.25) is 0 Å². The van der Waals surface area contributed by atoms with Crippen molar-refractivity contribution < 1.29 is 28.9 Å². The average Bonchev–Trinajstić information content (AvgIpc) is 3.03. The molecule has 0 saturated carbocycles. The monoisotopic (exact) mass is 411 g/mol. The van der Waals surface area contributed by atoms with Crippen LogP contribution in [-0.4, -0.2) is 56.2 Å². The molecular formula is C23H25NO6. The smallest absolute Gasteiger partial charge is 0.295 e. The Morgan fingerprint density at radius 2 is 1.70 bits per heavy atom. The van der Waals surface area contributed by atoms with Crippen LogP contribution >= 0.6 is 0 Å². The van der Waals surface area contributed by atoms with Crippen molar-refractivity contribution in [1.29, 1.82) is 0 Å². The Kier molecular flexibility index (Phi) is 6.74. The molecule has 0 aromatic heterocycles. The minimum atomic E-state index is -0.714. The van der Waals surface area contributed by atoms with Gasteiger partial charge in [0.05, 0.1) is 25.8 Å². The third-order valence-corrected chi connectivity index (χ3v) is 5.06. The molecule has 1 heterocycles. The predicted octanol–water partition coefficient (Wildman–Crippen LogP) is 3.16. The van der Waals surface area contributed by atoms with Gasteiger partial charge in [0.15, 0.2) is 11.5 Å². The summed E-state index contributed by atoms with van der Waals surface area (Å²) in [5.74, 6) is -0.700. The van der Waals surface area contributed by atoms with Gasteiger partial charge >= 0.3 is 0 Å². The molecule has 7 heteroatoms. The van der Waals surface area contributed by atoms with E-state index in [9.17, 15) is 14.7 Å². The number of Topliss-reactive ketones (excluding diaryl/α,β-unsaturated/α-hetero) is 1. The average molecular weight is 411 g/mol. The molecule has 3 rings (SSSR count). The molecule has 0 bridgehead atoms. The maximum absolute atomic E-state index is 12.9. The summed E-state index contributed by atoms with van der Waals surface area (Å²) in [5, 5.41) is 11.1. The van der Waals surface area contributed by atoms with Crippen LogP contribution in [0.25, 0.3) is 5.76 Å². The van der Waals surface area contributed by atoms with E-state index in [1.807, 2.05) is 30.3 Å². The van der Waals surface area contributed by atoms with Gasteiger partial charge in [-0.15, -0.1) is 0 Å². The highest BCUT2D eigenvalue weighted by Gasteiger charge is 2.45. The van der Waals surface area contributed by atoms with Crippen LogP contribution in [0.1, 0.15) is 23.6 Å². The molecule has 0 aliphatic carbocycles. The summed E-state index contributed by atoms with van der Waals surface area (Å²) < 4.78 is 15.6. The summed E-state index contributed by atoms with van der Waals surface area (Å²) in [6.07, 6.45) is 0.573. The molecule has 0 spiro atoms. The normalized spacial score (nSPS) is 18.0. The van der Waals surface area contributed by atoms with E-state index in [-0.39, 0.29) is 11.3 Å². The number of likely N-dealkylation sites (tertiary alicyclic amines) is 1. The number of ketones is 1. The van der Waals surface area contributed by atoms with Crippen molar-refractivity contribution in [1.82, 2.24) is 4.90 Å². The van der Waals surface area contributed by atoms with Crippen LogP contribution in [0.4, 0.5) is 0 Å². The first-order valence-electron chi connectivity index (χ1n) is 9.58. The molecule has 158 valence electrons. The van der Waals surface area contributed by atoms with Gasteiger partial charge in [0.2, 0.25) is 0 Å². The molecule has 7 nitrogen and oxygen atoms in total. The number of methoxy groups -OCH3 is 3. The third kappa shape index (κ3) is 4.02. The van der Waals surface area contributed by atoms with Gasteiger partial charge in [-0.05, 0) is 30.2 Å². The summed E-state index contributed by atoms with van der Waals surface area (Å²) in [7, 11) is 4.58. The van der Waals surface area contributed by atoms with Gasteiger partial charge in [-0.3, -0.25) is 9.59 Å². The van der Waals surface area contributed by atoms with Crippen LogP contribution in [0.15, 0.2) is 54.1 Å². The molecular weight excluding hydrogens is 386 g/mol. The molecule has 1 fully saturated rings. The number of amides is 1. The Morgan fingerprint density at radius 3 is 2.33 bits per heavy atom. The van der Waals surface area contributed by atoms with E-state index in [2.05, 4.69) is 0 Å². The third-order valence-electron chi connectivity index (χ3n) is 5.06. The van der Waals surface area contributed by atoms with Crippen LogP contribution in [0.5, 0.6) is 11.5 Å². The van der Waals surface area contributed by atoms with E-state index in [4.69, 9.17) is 14.2 Å². The molecule has 1 aliphatic heterocycles. The topological polar surface area (TPSA) is 85.3 Å². The van der Waals surface area contributed by atoms with Gasteiger partial charge in [-0.2, -0.15) is 0 Å².